The molecule has 0 aromatic rings. The molecule has 1 aliphatic heterocycles. The molecule has 1 aliphatic rings. The zero-order valence-corrected chi connectivity index (χ0v) is 9.14. The van der Waals surface area contributed by atoms with E-state index in [1.807, 2.05) is 6.92 Å². The van der Waals surface area contributed by atoms with Crippen LogP contribution in [0.25, 0.3) is 0 Å². The summed E-state index contributed by atoms with van der Waals surface area (Å²) in [6.07, 6.45) is 1.92. The van der Waals surface area contributed by atoms with E-state index in [-0.39, 0.29) is 17.9 Å². The van der Waals surface area contributed by atoms with Crippen molar-refractivity contribution in [2.45, 2.75) is 32.6 Å². The molecule has 14 heavy (non-hydrogen) atoms. The van der Waals surface area contributed by atoms with Crippen LogP contribution in [0.1, 0.15) is 32.6 Å². The summed E-state index contributed by atoms with van der Waals surface area (Å²) in [7, 11) is -3.01. The predicted molar refractivity (Wildman–Crippen MR) is 52.9 cm³/mol. The smallest absolute Gasteiger partial charge is 0.303 e. The van der Waals surface area contributed by atoms with Gasteiger partial charge in [-0.15, -0.1) is 0 Å². The molecule has 0 radical (unpaired) electrons. The molecule has 1 heterocycles. The van der Waals surface area contributed by atoms with Crippen LogP contribution in [0, 0.1) is 5.41 Å². The Morgan fingerprint density at radius 3 is 2.57 bits per heavy atom. The second kappa shape index (κ2) is 3.88. The van der Waals surface area contributed by atoms with Crippen molar-refractivity contribution in [2.75, 3.05) is 11.5 Å². The minimum absolute atomic E-state index is 0.0251. The fraction of sp³-hybridized carbons (Fsp3) is 0.889. The third kappa shape index (κ3) is 2.70. The Balaban J connectivity index is 2.83. The molecule has 0 saturated carbocycles. The number of carboxylic acids is 1. The van der Waals surface area contributed by atoms with E-state index in [1.54, 1.807) is 0 Å². The molecule has 0 amide bonds. The van der Waals surface area contributed by atoms with Gasteiger partial charge in [-0.2, -0.15) is 0 Å². The topological polar surface area (TPSA) is 71.4 Å². The second-order valence-corrected chi connectivity index (χ2v) is 6.30. The molecule has 1 rings (SSSR count). The van der Waals surface area contributed by atoms with E-state index in [9.17, 15) is 13.2 Å². The summed E-state index contributed by atoms with van der Waals surface area (Å²) >= 11 is 0. The van der Waals surface area contributed by atoms with E-state index in [4.69, 9.17) is 5.11 Å². The largest absolute Gasteiger partial charge is 0.481 e. The first-order chi connectivity index (χ1) is 6.39. The first-order valence-electron chi connectivity index (χ1n) is 4.81. The first-order valence-corrected chi connectivity index (χ1v) is 6.63. The summed E-state index contributed by atoms with van der Waals surface area (Å²) in [5, 5.41) is 8.74. The van der Waals surface area contributed by atoms with Crippen molar-refractivity contribution < 1.29 is 18.3 Å². The van der Waals surface area contributed by atoms with Gasteiger partial charge in [-0.1, -0.05) is 6.92 Å². The summed E-state index contributed by atoms with van der Waals surface area (Å²) in [6, 6.07) is 0. The average molecular weight is 220 g/mol. The van der Waals surface area contributed by atoms with Gasteiger partial charge < -0.3 is 5.11 Å². The number of rotatable bonds is 3. The Labute approximate surface area is 84.2 Å². The molecule has 0 aromatic carbocycles. The predicted octanol–water partition coefficient (Wildman–Crippen LogP) is 1.07. The number of hydrogen-bond donors (Lipinski definition) is 1. The third-order valence-electron chi connectivity index (χ3n) is 2.96. The molecule has 0 spiro atoms. The van der Waals surface area contributed by atoms with Gasteiger partial charge in [0.15, 0.2) is 9.84 Å². The third-order valence-corrected chi connectivity index (χ3v) is 4.93. The monoisotopic (exact) mass is 220 g/mol. The summed E-state index contributed by atoms with van der Waals surface area (Å²) in [6.45, 7) is 1.86. The lowest BCUT2D eigenvalue weighted by molar-refractivity contribution is -0.139. The van der Waals surface area contributed by atoms with Gasteiger partial charge in [-0.25, -0.2) is 8.42 Å². The summed E-state index contributed by atoms with van der Waals surface area (Å²) in [4.78, 5) is 10.6. The van der Waals surface area contributed by atoms with Crippen LogP contribution in [0.5, 0.6) is 0 Å². The van der Waals surface area contributed by atoms with Crippen LogP contribution in [-0.4, -0.2) is 31.0 Å². The van der Waals surface area contributed by atoms with Crippen LogP contribution >= 0.6 is 0 Å². The molecule has 0 aromatic heterocycles. The standard InChI is InChI=1S/C9H16O4S/c1-2-9(6-8(10)11)4-3-5-14(12,13)7-9/h2-7H2,1H3,(H,10,11). The van der Waals surface area contributed by atoms with Crippen molar-refractivity contribution in [3.63, 3.8) is 0 Å². The molecule has 5 heteroatoms. The maximum atomic E-state index is 11.4. The Morgan fingerprint density at radius 2 is 2.14 bits per heavy atom. The molecular weight excluding hydrogens is 204 g/mol. The highest BCUT2D eigenvalue weighted by molar-refractivity contribution is 7.91. The van der Waals surface area contributed by atoms with Crippen molar-refractivity contribution in [2.24, 2.45) is 5.41 Å². The lowest BCUT2D eigenvalue weighted by Crippen LogP contribution is -2.37. The summed E-state index contributed by atoms with van der Waals surface area (Å²) < 4.78 is 22.8. The van der Waals surface area contributed by atoms with E-state index >= 15 is 0 Å². The molecule has 1 unspecified atom stereocenters. The maximum Gasteiger partial charge on any atom is 0.303 e. The average Bonchev–Trinajstić information content (AvgIpc) is 2.01. The van der Waals surface area contributed by atoms with Crippen molar-refractivity contribution in [1.29, 1.82) is 0 Å². The Bertz CT molecular complexity index is 320. The van der Waals surface area contributed by atoms with Crippen LogP contribution in [0.2, 0.25) is 0 Å². The summed E-state index contributed by atoms with van der Waals surface area (Å²) in [5.41, 5.74) is -0.511. The molecule has 1 saturated heterocycles. The van der Waals surface area contributed by atoms with Crippen LogP contribution < -0.4 is 0 Å². The molecule has 1 fully saturated rings. The lowest BCUT2D eigenvalue weighted by atomic mass is 9.79. The molecule has 4 nitrogen and oxygen atoms in total. The zero-order valence-electron chi connectivity index (χ0n) is 8.32. The van der Waals surface area contributed by atoms with E-state index < -0.39 is 21.2 Å². The van der Waals surface area contributed by atoms with Crippen molar-refractivity contribution in [3.05, 3.63) is 0 Å². The summed E-state index contributed by atoms with van der Waals surface area (Å²) in [5.74, 6) is -0.638. The van der Waals surface area contributed by atoms with Gasteiger partial charge in [-0.3, -0.25) is 4.79 Å². The molecular formula is C9H16O4S. The van der Waals surface area contributed by atoms with E-state index in [1.165, 1.54) is 0 Å². The molecule has 1 atom stereocenters. The number of sulfone groups is 1. The highest BCUT2D eigenvalue weighted by atomic mass is 32.2. The lowest BCUT2D eigenvalue weighted by Gasteiger charge is -2.34. The Morgan fingerprint density at radius 1 is 1.50 bits per heavy atom. The number of hydrogen-bond acceptors (Lipinski definition) is 3. The quantitative estimate of drug-likeness (QED) is 0.772. The normalized spacial score (nSPS) is 31.2. The molecule has 0 aliphatic carbocycles. The van der Waals surface area contributed by atoms with Crippen LogP contribution in [-0.2, 0) is 14.6 Å². The molecule has 1 N–H and O–H groups in total. The maximum absolute atomic E-state index is 11.4. The number of aliphatic carboxylic acids is 1. The number of carbonyl (C=O) groups is 1. The first kappa shape index (κ1) is 11.5. The highest BCUT2D eigenvalue weighted by Gasteiger charge is 2.39. The fourth-order valence-corrected chi connectivity index (χ4v) is 4.25. The Hall–Kier alpha value is -0.580. The van der Waals surface area contributed by atoms with E-state index in [0.29, 0.717) is 12.8 Å². The van der Waals surface area contributed by atoms with Gasteiger partial charge in [0.2, 0.25) is 0 Å². The molecule has 0 bridgehead atoms. The highest BCUT2D eigenvalue weighted by Crippen LogP contribution is 2.37. The van der Waals surface area contributed by atoms with Gasteiger partial charge in [0.05, 0.1) is 17.9 Å². The van der Waals surface area contributed by atoms with Gasteiger partial charge >= 0.3 is 5.97 Å². The van der Waals surface area contributed by atoms with E-state index in [2.05, 4.69) is 0 Å². The van der Waals surface area contributed by atoms with Gasteiger partial charge in [-0.05, 0) is 24.7 Å². The van der Waals surface area contributed by atoms with E-state index in [0.717, 1.165) is 6.42 Å². The SMILES string of the molecule is CCC1(CC(=O)O)CCCS(=O)(=O)C1. The van der Waals surface area contributed by atoms with Crippen LogP contribution in [0.4, 0.5) is 0 Å². The van der Waals surface area contributed by atoms with Crippen LogP contribution in [0.15, 0.2) is 0 Å². The zero-order chi connectivity index (χ0) is 10.8. The number of carboxylic acid groups (broad SMARTS) is 1. The van der Waals surface area contributed by atoms with Gasteiger partial charge in [0.1, 0.15) is 0 Å². The minimum Gasteiger partial charge on any atom is -0.481 e. The van der Waals surface area contributed by atoms with Crippen molar-refractivity contribution >= 4 is 15.8 Å². The van der Waals surface area contributed by atoms with Gasteiger partial charge in [0.25, 0.3) is 0 Å². The fourth-order valence-electron chi connectivity index (χ4n) is 2.14. The van der Waals surface area contributed by atoms with Crippen molar-refractivity contribution in [1.82, 2.24) is 0 Å². The van der Waals surface area contributed by atoms with Crippen LogP contribution in [0.3, 0.4) is 0 Å². The second-order valence-electron chi connectivity index (χ2n) is 4.12. The van der Waals surface area contributed by atoms with Crippen molar-refractivity contribution in [3.8, 4) is 0 Å². The van der Waals surface area contributed by atoms with Gasteiger partial charge in [0, 0.05) is 0 Å². The Kier molecular flexibility index (Phi) is 3.19. The minimum atomic E-state index is -3.01. The molecule has 82 valence electrons.